The van der Waals surface area contributed by atoms with E-state index in [0.29, 0.717) is 51.2 Å². The number of hydrogen-bond donors (Lipinski definition) is 6. The molecule has 0 aliphatic rings. The Balaban J connectivity index is 1.08. The van der Waals surface area contributed by atoms with Gasteiger partial charge in [-0.15, -0.1) is 0 Å². The molecule has 0 radical (unpaired) electrons. The molecule has 7 rings (SSSR count). The molecule has 7 aromatic rings. The highest BCUT2D eigenvalue weighted by Gasteiger charge is 2.09. The first kappa shape index (κ1) is 39.6. The van der Waals surface area contributed by atoms with Crippen LogP contribution in [0.3, 0.4) is 0 Å². The molecule has 3 amide bonds. The number of anilines is 3. The highest BCUT2D eigenvalue weighted by Crippen LogP contribution is 2.19. The van der Waals surface area contributed by atoms with Crippen LogP contribution in [0.5, 0.6) is 17.2 Å². The Hall–Kier alpha value is -8.64. The maximum atomic E-state index is 12.8. The second-order valence-corrected chi connectivity index (χ2v) is 13.3. The second-order valence-electron chi connectivity index (χ2n) is 13.3. The van der Waals surface area contributed by atoms with Gasteiger partial charge in [0.05, 0.1) is 0 Å². The van der Waals surface area contributed by atoms with Gasteiger partial charge in [-0.2, -0.15) is 0 Å². The van der Waals surface area contributed by atoms with Crippen molar-refractivity contribution in [3.8, 4) is 17.2 Å². The van der Waals surface area contributed by atoms with Gasteiger partial charge < -0.3 is 31.3 Å². The zero-order valence-corrected chi connectivity index (χ0v) is 31.7. The number of nitrogens with one attached hydrogen (secondary N) is 3. The SMILES string of the molecule is O=C(Nc1ccc(O)cc1)c1ccc(/C=C/c2nc(/C=C/c3ccc(C(=O)Nc4ccc(O)cc4)cc3)nc(/C=C/c3ccc(C(=O)Nc4ccc(O)cc4)cc3)n2)cc1. The zero-order chi connectivity index (χ0) is 41.8. The number of benzene rings is 6. The summed E-state index contributed by atoms with van der Waals surface area (Å²) in [6.45, 7) is 0. The minimum Gasteiger partial charge on any atom is -0.508 e. The zero-order valence-electron chi connectivity index (χ0n) is 31.7. The lowest BCUT2D eigenvalue weighted by molar-refractivity contribution is 0.101. The molecule has 0 spiro atoms. The van der Waals surface area contributed by atoms with Crippen LogP contribution in [-0.2, 0) is 0 Å². The molecule has 12 nitrogen and oxygen atoms in total. The molecule has 0 saturated carbocycles. The van der Waals surface area contributed by atoms with Crippen molar-refractivity contribution in [2.24, 2.45) is 0 Å². The lowest BCUT2D eigenvalue weighted by Gasteiger charge is -2.06. The van der Waals surface area contributed by atoms with Gasteiger partial charge in [0, 0.05) is 33.8 Å². The van der Waals surface area contributed by atoms with Crippen molar-refractivity contribution < 1.29 is 29.7 Å². The smallest absolute Gasteiger partial charge is 0.255 e. The van der Waals surface area contributed by atoms with Crippen molar-refractivity contribution in [3.63, 3.8) is 0 Å². The number of aromatic nitrogens is 3. The molecule has 1 heterocycles. The summed E-state index contributed by atoms with van der Waals surface area (Å²) >= 11 is 0. The van der Waals surface area contributed by atoms with Gasteiger partial charge in [-0.1, -0.05) is 54.6 Å². The lowest BCUT2D eigenvalue weighted by Crippen LogP contribution is -2.11. The van der Waals surface area contributed by atoms with Crippen molar-refractivity contribution in [3.05, 3.63) is 196 Å². The minimum atomic E-state index is -0.291. The van der Waals surface area contributed by atoms with Gasteiger partial charge in [0.25, 0.3) is 17.7 Å². The average Bonchev–Trinajstić information content (AvgIpc) is 3.27. The van der Waals surface area contributed by atoms with Crippen molar-refractivity contribution in [2.75, 3.05) is 16.0 Å². The first-order valence-electron chi connectivity index (χ1n) is 18.5. The fraction of sp³-hybridized carbons (Fsp3) is 0. The van der Waals surface area contributed by atoms with Gasteiger partial charge in [0.1, 0.15) is 17.2 Å². The van der Waals surface area contributed by atoms with Crippen LogP contribution in [0.2, 0.25) is 0 Å². The van der Waals surface area contributed by atoms with Gasteiger partial charge in [-0.3, -0.25) is 14.4 Å². The molecule has 1 aromatic heterocycles. The van der Waals surface area contributed by atoms with E-state index in [2.05, 4.69) is 30.9 Å². The molecular formula is C48H36N6O6. The lowest BCUT2D eigenvalue weighted by atomic mass is 10.1. The normalized spacial score (nSPS) is 11.2. The highest BCUT2D eigenvalue weighted by atomic mass is 16.3. The summed E-state index contributed by atoms with van der Waals surface area (Å²) in [5.74, 6) is 0.576. The monoisotopic (exact) mass is 792 g/mol. The molecule has 0 atom stereocenters. The summed E-state index contributed by atoms with van der Waals surface area (Å²) in [7, 11) is 0. The van der Waals surface area contributed by atoms with Crippen LogP contribution in [0.4, 0.5) is 17.1 Å². The molecule has 0 unspecified atom stereocenters. The van der Waals surface area contributed by atoms with E-state index in [4.69, 9.17) is 0 Å². The standard InChI is InChI=1S/C48H36N6O6/c55-40-22-16-37(17-23-40)49-46(58)34-10-1-31(2-11-34)7-28-43-52-44(29-8-32-3-12-35(13-4-32)47(59)50-38-18-24-41(56)25-19-38)54-45(53-43)30-9-33-5-14-36(15-6-33)48(60)51-39-20-26-42(57)27-21-39/h1-30,55-57H,(H,49,58)(H,50,59)(H,51,60)/b28-7+,29-8+,30-9+. The summed E-state index contributed by atoms with van der Waals surface area (Å²) in [4.78, 5) is 52.2. The van der Waals surface area contributed by atoms with Gasteiger partial charge in [0.15, 0.2) is 17.5 Å². The Morgan fingerprint density at radius 2 is 0.567 bits per heavy atom. The van der Waals surface area contributed by atoms with Gasteiger partial charge >= 0.3 is 0 Å². The summed E-state index contributed by atoms with van der Waals surface area (Å²) in [5, 5.41) is 36.9. The number of rotatable bonds is 12. The molecule has 0 saturated heterocycles. The van der Waals surface area contributed by atoms with E-state index in [1.54, 1.807) is 127 Å². The fourth-order valence-electron chi connectivity index (χ4n) is 5.64. The quantitative estimate of drug-likeness (QED) is 0.0656. The van der Waals surface area contributed by atoms with Crippen LogP contribution in [0, 0.1) is 0 Å². The first-order valence-corrected chi connectivity index (χ1v) is 18.5. The van der Waals surface area contributed by atoms with Crippen LogP contribution in [0.25, 0.3) is 36.5 Å². The molecule has 294 valence electrons. The Morgan fingerprint density at radius 3 is 0.800 bits per heavy atom. The van der Waals surface area contributed by atoms with E-state index in [-0.39, 0.29) is 35.0 Å². The predicted molar refractivity (Wildman–Crippen MR) is 234 cm³/mol. The summed E-state index contributed by atoms with van der Waals surface area (Å²) < 4.78 is 0. The van der Waals surface area contributed by atoms with Crippen LogP contribution in [-0.4, -0.2) is 48.0 Å². The number of amides is 3. The van der Waals surface area contributed by atoms with Crippen LogP contribution < -0.4 is 16.0 Å². The Morgan fingerprint density at radius 1 is 0.333 bits per heavy atom. The van der Waals surface area contributed by atoms with E-state index in [1.807, 2.05) is 18.2 Å². The van der Waals surface area contributed by atoms with Crippen molar-refractivity contribution >= 4 is 71.2 Å². The van der Waals surface area contributed by atoms with Crippen molar-refractivity contribution in [2.45, 2.75) is 0 Å². The molecule has 0 fully saturated rings. The molecule has 0 aliphatic heterocycles. The maximum Gasteiger partial charge on any atom is 0.255 e. The number of phenols is 3. The van der Waals surface area contributed by atoms with E-state index in [1.165, 1.54) is 36.4 Å². The van der Waals surface area contributed by atoms with E-state index in [9.17, 15) is 29.7 Å². The van der Waals surface area contributed by atoms with Crippen LogP contribution >= 0.6 is 0 Å². The Labute approximate surface area is 344 Å². The maximum absolute atomic E-state index is 12.8. The summed E-state index contributed by atoms with van der Waals surface area (Å²) in [6, 6.07) is 39.7. The molecule has 0 aliphatic carbocycles. The predicted octanol–water partition coefficient (Wildman–Crippen LogP) is 9.26. The molecule has 12 heteroatoms. The van der Waals surface area contributed by atoms with E-state index in [0.717, 1.165) is 16.7 Å². The second kappa shape index (κ2) is 18.5. The van der Waals surface area contributed by atoms with Gasteiger partial charge in [-0.05, 0) is 144 Å². The summed E-state index contributed by atoms with van der Waals surface area (Å²) in [5.41, 5.74) is 5.45. The van der Waals surface area contributed by atoms with E-state index >= 15 is 0 Å². The average molecular weight is 793 g/mol. The third kappa shape index (κ3) is 11.0. The molecule has 6 N–H and O–H groups in total. The number of phenolic OH excluding ortho intramolecular Hbond substituents is 3. The van der Waals surface area contributed by atoms with Crippen LogP contribution in [0.1, 0.15) is 65.2 Å². The Bertz CT molecular complexity index is 2400. The first-order chi connectivity index (χ1) is 29.1. The van der Waals surface area contributed by atoms with Crippen molar-refractivity contribution in [1.29, 1.82) is 0 Å². The molecule has 0 bridgehead atoms. The van der Waals surface area contributed by atoms with Crippen molar-refractivity contribution in [1.82, 2.24) is 15.0 Å². The highest BCUT2D eigenvalue weighted by molar-refractivity contribution is 6.05. The van der Waals surface area contributed by atoms with Crippen LogP contribution in [0.15, 0.2) is 146 Å². The number of aromatic hydroxyl groups is 3. The van der Waals surface area contributed by atoms with Gasteiger partial charge in [-0.25, -0.2) is 15.0 Å². The minimum absolute atomic E-state index is 0.107. The molecule has 60 heavy (non-hydrogen) atoms. The largest absolute Gasteiger partial charge is 0.508 e. The number of carbonyl (C=O) groups excluding carboxylic acids is 3. The molecule has 6 aromatic carbocycles. The van der Waals surface area contributed by atoms with E-state index < -0.39 is 0 Å². The topological polar surface area (TPSA) is 187 Å². The molecular weight excluding hydrogens is 757 g/mol. The third-order valence-electron chi connectivity index (χ3n) is 8.86. The van der Waals surface area contributed by atoms with Gasteiger partial charge in [0.2, 0.25) is 0 Å². The Kier molecular flexibility index (Phi) is 12.2. The summed E-state index contributed by atoms with van der Waals surface area (Å²) in [6.07, 6.45) is 10.7. The number of carbonyl (C=O) groups is 3. The fourth-order valence-corrected chi connectivity index (χ4v) is 5.64. The number of nitrogens with zero attached hydrogens (tertiary/aromatic N) is 3. The number of hydrogen-bond acceptors (Lipinski definition) is 9. The third-order valence-corrected chi connectivity index (χ3v) is 8.86.